The van der Waals surface area contributed by atoms with Crippen LogP contribution < -0.4 is 4.84 Å². The van der Waals surface area contributed by atoms with Crippen molar-refractivity contribution >= 4 is 28.9 Å². The maximum absolute atomic E-state index is 12.2. The Hall–Kier alpha value is -3.20. The molecule has 24 heavy (non-hydrogen) atoms. The fourth-order valence-electron chi connectivity index (χ4n) is 1.80. The summed E-state index contributed by atoms with van der Waals surface area (Å²) in [5, 5.41) is 23.0. The van der Waals surface area contributed by atoms with E-state index in [0.29, 0.717) is 5.02 Å². The first-order valence-electron chi connectivity index (χ1n) is 6.44. The Morgan fingerprint density at radius 1 is 1.08 bits per heavy atom. The van der Waals surface area contributed by atoms with Crippen molar-refractivity contribution in [3.63, 3.8) is 0 Å². The van der Waals surface area contributed by atoms with Gasteiger partial charge in [-0.3, -0.25) is 25.0 Å². The number of amides is 1. The Morgan fingerprint density at radius 3 is 2.25 bits per heavy atom. The molecule has 0 aliphatic carbocycles. The molecule has 0 aromatic heterocycles. The Balaban J connectivity index is 2.26. The van der Waals surface area contributed by atoms with Crippen molar-refractivity contribution < 1.29 is 19.5 Å². The van der Waals surface area contributed by atoms with Gasteiger partial charge in [0.2, 0.25) is 5.75 Å². The van der Waals surface area contributed by atoms with Crippen LogP contribution in [0.15, 0.2) is 42.5 Å². The quantitative estimate of drug-likeness (QED) is 0.603. The topological polar surface area (TPSA) is 116 Å². The molecule has 0 N–H and O–H groups in total. The maximum Gasteiger partial charge on any atom is 0.321 e. The number of rotatable bonds is 5. The van der Waals surface area contributed by atoms with E-state index in [0.717, 1.165) is 23.3 Å². The van der Waals surface area contributed by atoms with Crippen molar-refractivity contribution in [2.75, 3.05) is 7.05 Å². The molecule has 0 heterocycles. The number of benzene rings is 2. The first kappa shape index (κ1) is 17.2. The number of nitro groups is 2. The lowest BCUT2D eigenvalue weighted by Crippen LogP contribution is -2.30. The molecule has 0 saturated heterocycles. The molecule has 0 unspecified atom stereocenters. The third-order valence-corrected chi connectivity index (χ3v) is 3.21. The van der Waals surface area contributed by atoms with Crippen LogP contribution in [0.1, 0.15) is 10.4 Å². The van der Waals surface area contributed by atoms with Gasteiger partial charge >= 0.3 is 5.69 Å². The second-order valence-electron chi connectivity index (χ2n) is 4.57. The van der Waals surface area contributed by atoms with Gasteiger partial charge in [0.1, 0.15) is 0 Å². The van der Waals surface area contributed by atoms with Crippen molar-refractivity contribution in [1.29, 1.82) is 0 Å². The lowest BCUT2D eigenvalue weighted by molar-refractivity contribution is -0.395. The van der Waals surface area contributed by atoms with Crippen LogP contribution in [0.2, 0.25) is 5.02 Å². The number of hydrogen-bond acceptors (Lipinski definition) is 6. The smallest absolute Gasteiger partial charge is 0.321 e. The summed E-state index contributed by atoms with van der Waals surface area (Å²) in [6.45, 7) is 0. The number of carbonyl (C=O) groups excluding carboxylic acids is 1. The number of nitrogens with zero attached hydrogens (tertiary/aromatic N) is 3. The molecule has 2 rings (SSSR count). The van der Waals surface area contributed by atoms with Crippen LogP contribution in [0.3, 0.4) is 0 Å². The van der Waals surface area contributed by atoms with Gasteiger partial charge in [-0.25, -0.2) is 0 Å². The summed E-state index contributed by atoms with van der Waals surface area (Å²) in [6.07, 6.45) is 0. The van der Waals surface area contributed by atoms with Crippen LogP contribution in [0.4, 0.5) is 11.4 Å². The molecule has 0 bridgehead atoms. The summed E-state index contributed by atoms with van der Waals surface area (Å²) < 4.78 is 0. The normalized spacial score (nSPS) is 10.1. The van der Waals surface area contributed by atoms with Crippen LogP contribution in [0.25, 0.3) is 0 Å². The SMILES string of the molecule is CN(Oc1ccc([N+](=O)[O-])cc1[N+](=O)[O-])C(=O)c1ccc(Cl)cc1. The zero-order valence-electron chi connectivity index (χ0n) is 12.2. The van der Waals surface area contributed by atoms with E-state index in [1.165, 1.54) is 31.3 Å². The highest BCUT2D eigenvalue weighted by Gasteiger charge is 2.24. The summed E-state index contributed by atoms with van der Waals surface area (Å²) in [7, 11) is 1.27. The summed E-state index contributed by atoms with van der Waals surface area (Å²) in [6, 6.07) is 8.82. The molecule has 0 atom stereocenters. The second kappa shape index (κ2) is 6.92. The molecular weight excluding hydrogens is 342 g/mol. The Labute approximate surface area is 140 Å². The van der Waals surface area contributed by atoms with Crippen LogP contribution in [-0.4, -0.2) is 27.9 Å². The molecule has 2 aromatic rings. The van der Waals surface area contributed by atoms with Crippen LogP contribution >= 0.6 is 11.6 Å². The first-order valence-corrected chi connectivity index (χ1v) is 6.82. The van der Waals surface area contributed by atoms with E-state index in [1.807, 2.05) is 0 Å². The van der Waals surface area contributed by atoms with E-state index in [9.17, 15) is 25.0 Å². The monoisotopic (exact) mass is 351 g/mol. The van der Waals surface area contributed by atoms with E-state index < -0.39 is 27.1 Å². The van der Waals surface area contributed by atoms with Crippen LogP contribution in [0, 0.1) is 20.2 Å². The van der Waals surface area contributed by atoms with Gasteiger partial charge in [-0.1, -0.05) is 11.6 Å². The van der Waals surface area contributed by atoms with Crippen LogP contribution in [-0.2, 0) is 0 Å². The number of carbonyl (C=O) groups is 1. The highest BCUT2D eigenvalue weighted by molar-refractivity contribution is 6.30. The largest absolute Gasteiger partial charge is 0.369 e. The van der Waals surface area contributed by atoms with E-state index in [2.05, 4.69) is 0 Å². The number of hydroxylamine groups is 2. The van der Waals surface area contributed by atoms with Gasteiger partial charge < -0.3 is 4.84 Å². The lowest BCUT2D eigenvalue weighted by atomic mass is 10.2. The fourth-order valence-corrected chi connectivity index (χ4v) is 1.93. The molecule has 0 saturated carbocycles. The van der Waals surface area contributed by atoms with Crippen LogP contribution in [0.5, 0.6) is 5.75 Å². The summed E-state index contributed by atoms with van der Waals surface area (Å²) in [5.41, 5.74) is -0.827. The predicted octanol–water partition coefficient (Wildman–Crippen LogP) is 3.22. The molecule has 2 aromatic carbocycles. The molecule has 0 aliphatic heterocycles. The summed E-state index contributed by atoms with van der Waals surface area (Å²) in [5.74, 6) is -0.866. The van der Waals surface area contributed by atoms with E-state index in [1.54, 1.807) is 0 Å². The Morgan fingerprint density at radius 2 is 1.71 bits per heavy atom. The predicted molar refractivity (Wildman–Crippen MR) is 83.9 cm³/mol. The minimum Gasteiger partial charge on any atom is -0.369 e. The molecule has 1 amide bonds. The molecule has 10 heteroatoms. The van der Waals surface area contributed by atoms with Gasteiger partial charge in [-0.15, -0.1) is 0 Å². The molecule has 0 fully saturated rings. The Kier molecular flexibility index (Phi) is 4.95. The average molecular weight is 352 g/mol. The third-order valence-electron chi connectivity index (χ3n) is 2.96. The van der Waals surface area contributed by atoms with Gasteiger partial charge in [0.25, 0.3) is 11.6 Å². The average Bonchev–Trinajstić information content (AvgIpc) is 2.54. The van der Waals surface area contributed by atoms with E-state index in [4.69, 9.17) is 16.4 Å². The zero-order chi connectivity index (χ0) is 17.9. The lowest BCUT2D eigenvalue weighted by Gasteiger charge is -2.17. The van der Waals surface area contributed by atoms with Crippen molar-refractivity contribution in [3.05, 3.63) is 73.3 Å². The van der Waals surface area contributed by atoms with Gasteiger partial charge in [0.05, 0.1) is 15.9 Å². The molecule has 124 valence electrons. The van der Waals surface area contributed by atoms with Gasteiger partial charge in [-0.2, -0.15) is 5.06 Å². The molecule has 0 radical (unpaired) electrons. The van der Waals surface area contributed by atoms with Gasteiger partial charge in [0, 0.05) is 23.7 Å². The highest BCUT2D eigenvalue weighted by Crippen LogP contribution is 2.31. The van der Waals surface area contributed by atoms with Crippen molar-refractivity contribution in [1.82, 2.24) is 5.06 Å². The number of halogens is 1. The third kappa shape index (κ3) is 3.76. The minimum atomic E-state index is -0.830. The molecular formula is C14H10ClN3O6. The second-order valence-corrected chi connectivity index (χ2v) is 5.00. The highest BCUT2D eigenvalue weighted by atomic mass is 35.5. The molecule has 0 aliphatic rings. The standard InChI is InChI=1S/C14H10ClN3O6/c1-16(14(19)9-2-4-10(15)5-3-9)24-13-7-6-11(17(20)21)8-12(13)18(22)23/h2-8H,1H3. The van der Waals surface area contributed by atoms with Crippen molar-refractivity contribution in [3.8, 4) is 5.75 Å². The summed E-state index contributed by atoms with van der Waals surface area (Å²) in [4.78, 5) is 37.5. The number of hydrogen-bond donors (Lipinski definition) is 0. The number of non-ortho nitro benzene ring substituents is 1. The molecule has 0 spiro atoms. The van der Waals surface area contributed by atoms with Crippen molar-refractivity contribution in [2.45, 2.75) is 0 Å². The van der Waals surface area contributed by atoms with E-state index in [-0.39, 0.29) is 11.3 Å². The van der Waals surface area contributed by atoms with Gasteiger partial charge in [0.15, 0.2) is 0 Å². The van der Waals surface area contributed by atoms with Crippen molar-refractivity contribution in [2.24, 2.45) is 0 Å². The summed E-state index contributed by atoms with van der Waals surface area (Å²) >= 11 is 5.74. The molecule has 9 nitrogen and oxygen atoms in total. The van der Waals surface area contributed by atoms with E-state index >= 15 is 0 Å². The van der Waals surface area contributed by atoms with Gasteiger partial charge in [-0.05, 0) is 30.3 Å². The fraction of sp³-hybridized carbons (Fsp3) is 0.0714. The Bertz CT molecular complexity index is 809. The maximum atomic E-state index is 12.2. The number of nitro benzene ring substituents is 2. The first-order chi connectivity index (χ1) is 11.3. The zero-order valence-corrected chi connectivity index (χ0v) is 13.0. The minimum absolute atomic E-state index is 0.256.